The zero-order chi connectivity index (χ0) is 6.36. The van der Waals surface area contributed by atoms with Gasteiger partial charge in [-0.15, -0.1) is 0 Å². The van der Waals surface area contributed by atoms with Gasteiger partial charge in [-0.05, 0) is 6.04 Å². The number of rotatable bonds is 1. The van der Waals surface area contributed by atoms with Gasteiger partial charge in [0, 0.05) is 0 Å². The Hall–Kier alpha value is 1.45. The summed E-state index contributed by atoms with van der Waals surface area (Å²) >= 11 is 0. The van der Waals surface area contributed by atoms with E-state index in [9.17, 15) is 12.9 Å². The van der Waals surface area contributed by atoms with Crippen molar-refractivity contribution in [2.45, 2.75) is 18.3 Å². The van der Waals surface area contributed by atoms with Gasteiger partial charge in [0.2, 0.25) is 0 Å². The molecule has 2 atom stereocenters. The predicted octanol–water partition coefficient (Wildman–Crippen LogP) is -2.06. The molecule has 0 unspecified atom stereocenters. The maximum Gasteiger partial charge on any atom is 1.00 e. The molecule has 1 aliphatic carbocycles. The fourth-order valence-electron chi connectivity index (χ4n) is 0.670. The summed E-state index contributed by atoms with van der Waals surface area (Å²) in [7, 11) is 0. The van der Waals surface area contributed by atoms with Crippen LogP contribution in [-0.2, 0) is 0 Å². The molecular formula is C3H6BF3KN. The molecule has 48 valence electrons. The van der Waals surface area contributed by atoms with E-state index in [0.29, 0.717) is 0 Å². The van der Waals surface area contributed by atoms with Crippen molar-refractivity contribution in [1.29, 1.82) is 0 Å². The van der Waals surface area contributed by atoms with E-state index < -0.39 is 18.8 Å². The third-order valence-corrected chi connectivity index (χ3v) is 1.38. The molecular weight excluding hydrogens is 157 g/mol. The van der Waals surface area contributed by atoms with Gasteiger partial charge in [-0.25, -0.2) is 0 Å². The second-order valence-corrected chi connectivity index (χ2v) is 2.19. The summed E-state index contributed by atoms with van der Waals surface area (Å²) in [5, 5.41) is 0. The molecule has 1 nitrogen and oxygen atoms in total. The van der Waals surface area contributed by atoms with Crippen LogP contribution in [0.3, 0.4) is 0 Å². The Bertz CT molecular complexity index is 106. The van der Waals surface area contributed by atoms with E-state index in [-0.39, 0.29) is 57.8 Å². The summed E-state index contributed by atoms with van der Waals surface area (Å²) in [5.74, 6) is -1.14. The van der Waals surface area contributed by atoms with Gasteiger partial charge in [-0.1, -0.05) is 12.2 Å². The van der Waals surface area contributed by atoms with Gasteiger partial charge in [0.25, 0.3) is 0 Å². The monoisotopic (exact) mass is 163 g/mol. The molecule has 9 heavy (non-hydrogen) atoms. The predicted molar refractivity (Wildman–Crippen MR) is 25.4 cm³/mol. The van der Waals surface area contributed by atoms with Crippen LogP contribution in [0.2, 0.25) is 5.82 Å². The first-order chi connectivity index (χ1) is 3.52. The van der Waals surface area contributed by atoms with Crippen LogP contribution in [0, 0.1) is 0 Å². The Labute approximate surface area is 94.0 Å². The Balaban J connectivity index is 0.000000640. The summed E-state index contributed by atoms with van der Waals surface area (Å²) in [6.07, 6.45) is 0.142. The van der Waals surface area contributed by atoms with Crippen molar-refractivity contribution in [3.05, 3.63) is 0 Å². The van der Waals surface area contributed by atoms with Crippen molar-refractivity contribution in [1.82, 2.24) is 0 Å². The second-order valence-electron chi connectivity index (χ2n) is 2.19. The zero-order valence-corrected chi connectivity index (χ0v) is 8.27. The quantitative estimate of drug-likeness (QED) is 0.442. The van der Waals surface area contributed by atoms with Crippen LogP contribution in [0.25, 0.3) is 0 Å². The Morgan fingerprint density at radius 3 is 1.67 bits per heavy atom. The van der Waals surface area contributed by atoms with E-state index in [0.717, 1.165) is 0 Å². The van der Waals surface area contributed by atoms with Crippen LogP contribution in [0.1, 0.15) is 6.42 Å². The molecule has 0 saturated heterocycles. The maximum atomic E-state index is 11.5. The largest absolute Gasteiger partial charge is 1.00 e. The van der Waals surface area contributed by atoms with E-state index in [1.165, 1.54) is 0 Å². The van der Waals surface area contributed by atoms with Crippen molar-refractivity contribution >= 4 is 6.98 Å². The first-order valence-corrected chi connectivity index (χ1v) is 2.47. The number of hydrogen-bond donors (Lipinski definition) is 1. The molecule has 6 heteroatoms. The summed E-state index contributed by atoms with van der Waals surface area (Å²) < 4.78 is 34.4. The third-order valence-electron chi connectivity index (χ3n) is 1.38. The van der Waals surface area contributed by atoms with Gasteiger partial charge >= 0.3 is 58.4 Å². The molecule has 0 bridgehead atoms. The maximum absolute atomic E-state index is 11.5. The molecule has 0 heterocycles. The number of hydrogen-bond acceptors (Lipinski definition) is 1. The van der Waals surface area contributed by atoms with Gasteiger partial charge in [-0.3, -0.25) is 0 Å². The molecule has 1 aliphatic rings. The van der Waals surface area contributed by atoms with Gasteiger partial charge in [0.05, 0.1) is 0 Å². The molecule has 0 amide bonds. The van der Waals surface area contributed by atoms with Gasteiger partial charge in [-0.2, -0.15) is 0 Å². The van der Waals surface area contributed by atoms with Crippen LogP contribution >= 0.6 is 0 Å². The van der Waals surface area contributed by atoms with E-state index >= 15 is 0 Å². The molecule has 0 aromatic carbocycles. The minimum absolute atomic E-state index is 0. The first kappa shape index (κ1) is 10.5. The van der Waals surface area contributed by atoms with Gasteiger partial charge in [0.1, 0.15) is 0 Å². The molecule has 0 radical (unpaired) electrons. The Morgan fingerprint density at radius 1 is 1.33 bits per heavy atom. The van der Waals surface area contributed by atoms with Crippen LogP contribution in [0.15, 0.2) is 0 Å². The number of nitrogens with two attached hydrogens (primary N) is 1. The van der Waals surface area contributed by atoms with Gasteiger partial charge in [0.15, 0.2) is 0 Å². The number of halogens is 3. The van der Waals surface area contributed by atoms with Crippen LogP contribution < -0.4 is 57.1 Å². The van der Waals surface area contributed by atoms with E-state index in [4.69, 9.17) is 5.73 Å². The summed E-state index contributed by atoms with van der Waals surface area (Å²) in [6.45, 7) is -4.61. The fraction of sp³-hybridized carbons (Fsp3) is 1.00. The standard InChI is InChI=1S/C3H6BF3N.K/c5-4(6,7)2-1-3(2)8;/h2-3H,1,8H2;/q-1;+1/t2-,3-;/m1./s1. The fourth-order valence-corrected chi connectivity index (χ4v) is 0.670. The SMILES string of the molecule is N[C@@H]1C[C@H]1[B-](F)(F)F.[K+]. The Kier molecular flexibility index (Phi) is 3.75. The minimum Gasteiger partial charge on any atom is -0.449 e. The Morgan fingerprint density at radius 2 is 1.67 bits per heavy atom. The van der Waals surface area contributed by atoms with Crippen molar-refractivity contribution < 1.29 is 64.3 Å². The first-order valence-electron chi connectivity index (χ1n) is 2.47. The average Bonchev–Trinajstić information content (AvgIpc) is 2.13. The zero-order valence-electron chi connectivity index (χ0n) is 5.15. The van der Waals surface area contributed by atoms with E-state index in [1.807, 2.05) is 0 Å². The normalized spacial score (nSPS) is 33.3. The molecule has 1 rings (SSSR count). The van der Waals surface area contributed by atoms with E-state index in [1.54, 1.807) is 0 Å². The van der Waals surface area contributed by atoms with Crippen molar-refractivity contribution in [3.63, 3.8) is 0 Å². The summed E-state index contributed by atoms with van der Waals surface area (Å²) in [6, 6.07) is -0.588. The minimum atomic E-state index is -4.61. The molecule has 0 aromatic heterocycles. The van der Waals surface area contributed by atoms with E-state index in [2.05, 4.69) is 0 Å². The molecule has 0 aliphatic heterocycles. The summed E-state index contributed by atoms with van der Waals surface area (Å²) in [4.78, 5) is 0. The molecule has 1 fully saturated rings. The van der Waals surface area contributed by atoms with Crippen molar-refractivity contribution in [3.8, 4) is 0 Å². The third kappa shape index (κ3) is 2.90. The van der Waals surface area contributed by atoms with Crippen molar-refractivity contribution in [2.24, 2.45) is 5.73 Å². The van der Waals surface area contributed by atoms with Crippen LogP contribution in [0.4, 0.5) is 12.9 Å². The van der Waals surface area contributed by atoms with Crippen molar-refractivity contribution in [2.75, 3.05) is 0 Å². The topological polar surface area (TPSA) is 26.0 Å². The smallest absolute Gasteiger partial charge is 0.449 e. The van der Waals surface area contributed by atoms with Crippen LogP contribution in [0.5, 0.6) is 0 Å². The van der Waals surface area contributed by atoms with Gasteiger partial charge < -0.3 is 18.7 Å². The second kappa shape index (κ2) is 3.23. The summed E-state index contributed by atoms with van der Waals surface area (Å²) in [5.41, 5.74) is 4.95. The molecule has 0 aromatic rings. The molecule has 1 saturated carbocycles. The average molecular weight is 163 g/mol. The molecule has 0 spiro atoms. The van der Waals surface area contributed by atoms with Crippen LogP contribution in [-0.4, -0.2) is 13.0 Å². The molecule has 2 N–H and O–H groups in total.